The van der Waals surface area contributed by atoms with Crippen molar-refractivity contribution in [2.75, 3.05) is 5.32 Å². The van der Waals surface area contributed by atoms with Gasteiger partial charge in [-0.3, -0.25) is 0 Å². The van der Waals surface area contributed by atoms with Crippen LogP contribution in [0.3, 0.4) is 0 Å². The van der Waals surface area contributed by atoms with Gasteiger partial charge >= 0.3 is 7.12 Å². The maximum atomic E-state index is 9.08. The third kappa shape index (κ3) is 3.36. The molecule has 3 N–H and O–H groups in total. The van der Waals surface area contributed by atoms with Crippen molar-refractivity contribution in [1.82, 2.24) is 0 Å². The number of nitrogens with one attached hydrogen (secondary N) is 1. The highest BCUT2D eigenvalue weighted by atomic mass is 16.4. The van der Waals surface area contributed by atoms with Crippen molar-refractivity contribution in [2.24, 2.45) is 0 Å². The van der Waals surface area contributed by atoms with Gasteiger partial charge in [-0.15, -0.1) is 0 Å². The van der Waals surface area contributed by atoms with E-state index in [1.54, 1.807) is 12.1 Å². The predicted octanol–water partition coefficient (Wildman–Crippen LogP) is 2.78. The van der Waals surface area contributed by atoms with E-state index in [2.05, 4.69) is 29.6 Å². The Kier molecular flexibility index (Phi) is 4.23. The highest BCUT2D eigenvalue weighted by molar-refractivity contribution is 6.58. The van der Waals surface area contributed by atoms with Crippen molar-refractivity contribution >= 4 is 24.0 Å². The first-order valence-electron chi connectivity index (χ1n) is 7.11. The first-order valence-corrected chi connectivity index (χ1v) is 7.11. The summed E-state index contributed by atoms with van der Waals surface area (Å²) in [7, 11) is -1.43. The molecule has 0 aliphatic carbocycles. The summed E-state index contributed by atoms with van der Waals surface area (Å²) in [6.07, 6.45) is 0. The third-order valence-corrected chi connectivity index (χ3v) is 3.49. The van der Waals surface area contributed by atoms with E-state index in [9.17, 15) is 0 Å². The zero-order chi connectivity index (χ0) is 15.4. The minimum absolute atomic E-state index is 0.477. The number of anilines is 2. The van der Waals surface area contributed by atoms with E-state index in [4.69, 9.17) is 10.0 Å². The minimum Gasteiger partial charge on any atom is -0.423 e. The van der Waals surface area contributed by atoms with Crippen LogP contribution in [-0.4, -0.2) is 17.2 Å². The summed E-state index contributed by atoms with van der Waals surface area (Å²) in [6, 6.07) is 25.4. The van der Waals surface area contributed by atoms with E-state index >= 15 is 0 Å². The monoisotopic (exact) mass is 289 g/mol. The standard InChI is InChI=1S/C18H16BNO2/c21-19(22)16-8-12-18(13-9-16)20-17-10-6-15(7-11-17)14-4-2-1-3-5-14/h1-13,20-22H. The molecule has 0 atom stereocenters. The summed E-state index contributed by atoms with van der Waals surface area (Å²) in [6.45, 7) is 0. The van der Waals surface area contributed by atoms with Crippen LogP contribution < -0.4 is 10.8 Å². The fourth-order valence-electron chi connectivity index (χ4n) is 2.28. The van der Waals surface area contributed by atoms with Gasteiger partial charge in [0.15, 0.2) is 0 Å². The first-order chi connectivity index (χ1) is 10.7. The summed E-state index contributed by atoms with van der Waals surface area (Å²) in [4.78, 5) is 0. The summed E-state index contributed by atoms with van der Waals surface area (Å²) in [5.74, 6) is 0. The molecule has 3 nitrogen and oxygen atoms in total. The van der Waals surface area contributed by atoms with Gasteiger partial charge in [0.2, 0.25) is 0 Å². The second-order valence-electron chi connectivity index (χ2n) is 5.06. The molecule has 0 spiro atoms. The summed E-state index contributed by atoms with van der Waals surface area (Å²) in [5, 5.41) is 21.4. The van der Waals surface area contributed by atoms with E-state index in [1.165, 1.54) is 11.1 Å². The summed E-state index contributed by atoms with van der Waals surface area (Å²) in [5.41, 5.74) is 4.72. The normalized spacial score (nSPS) is 10.3. The van der Waals surface area contributed by atoms with Crippen LogP contribution in [0.2, 0.25) is 0 Å². The molecular weight excluding hydrogens is 273 g/mol. The van der Waals surface area contributed by atoms with Crippen molar-refractivity contribution in [2.45, 2.75) is 0 Å². The molecule has 0 saturated carbocycles. The lowest BCUT2D eigenvalue weighted by atomic mass is 9.80. The van der Waals surface area contributed by atoms with Crippen LogP contribution in [0.25, 0.3) is 11.1 Å². The molecule has 3 aromatic rings. The Balaban J connectivity index is 1.73. The topological polar surface area (TPSA) is 52.5 Å². The largest absolute Gasteiger partial charge is 0.488 e. The van der Waals surface area contributed by atoms with Gasteiger partial charge in [0.05, 0.1) is 0 Å². The Bertz CT molecular complexity index is 725. The van der Waals surface area contributed by atoms with Crippen LogP contribution in [0.15, 0.2) is 78.9 Å². The molecule has 0 bridgehead atoms. The van der Waals surface area contributed by atoms with Gasteiger partial charge in [-0.2, -0.15) is 0 Å². The van der Waals surface area contributed by atoms with Crippen molar-refractivity contribution in [3.63, 3.8) is 0 Å². The predicted molar refractivity (Wildman–Crippen MR) is 91.4 cm³/mol. The Labute approximate surface area is 130 Å². The van der Waals surface area contributed by atoms with Crippen molar-refractivity contribution in [3.05, 3.63) is 78.9 Å². The SMILES string of the molecule is OB(O)c1ccc(Nc2ccc(-c3ccccc3)cc2)cc1. The molecule has 4 heteroatoms. The molecule has 3 aromatic carbocycles. The van der Waals surface area contributed by atoms with Crippen molar-refractivity contribution in [1.29, 1.82) is 0 Å². The quantitative estimate of drug-likeness (QED) is 0.647. The van der Waals surface area contributed by atoms with Gasteiger partial charge in [-0.25, -0.2) is 0 Å². The molecule has 22 heavy (non-hydrogen) atoms. The van der Waals surface area contributed by atoms with Crippen molar-refractivity contribution < 1.29 is 10.0 Å². The minimum atomic E-state index is -1.43. The van der Waals surface area contributed by atoms with Gasteiger partial charge < -0.3 is 15.4 Å². The van der Waals surface area contributed by atoms with E-state index < -0.39 is 7.12 Å². The molecule has 0 aliphatic rings. The van der Waals surface area contributed by atoms with Crippen LogP contribution in [0.4, 0.5) is 11.4 Å². The van der Waals surface area contributed by atoms with Crippen LogP contribution in [-0.2, 0) is 0 Å². The second kappa shape index (κ2) is 6.47. The molecule has 0 aliphatic heterocycles. The molecule has 3 rings (SSSR count). The molecule has 0 unspecified atom stereocenters. The first kappa shape index (κ1) is 14.4. The third-order valence-electron chi connectivity index (χ3n) is 3.49. The van der Waals surface area contributed by atoms with E-state index in [0.29, 0.717) is 5.46 Å². The molecule has 108 valence electrons. The molecule has 0 amide bonds. The fraction of sp³-hybridized carbons (Fsp3) is 0. The molecule has 0 fully saturated rings. The zero-order valence-corrected chi connectivity index (χ0v) is 12.0. The van der Waals surface area contributed by atoms with E-state index in [-0.39, 0.29) is 0 Å². The van der Waals surface area contributed by atoms with Crippen LogP contribution >= 0.6 is 0 Å². The fourth-order valence-corrected chi connectivity index (χ4v) is 2.28. The molecular formula is C18H16BNO2. The number of rotatable bonds is 4. The van der Waals surface area contributed by atoms with Crippen LogP contribution in [0.1, 0.15) is 0 Å². The van der Waals surface area contributed by atoms with Gasteiger partial charge in [0.25, 0.3) is 0 Å². The molecule has 0 radical (unpaired) electrons. The van der Waals surface area contributed by atoms with Gasteiger partial charge in [0.1, 0.15) is 0 Å². The average molecular weight is 289 g/mol. The molecule has 0 heterocycles. The lowest BCUT2D eigenvalue weighted by Crippen LogP contribution is -2.29. The Morgan fingerprint density at radius 1 is 0.591 bits per heavy atom. The number of hydrogen-bond acceptors (Lipinski definition) is 3. The van der Waals surface area contributed by atoms with Crippen LogP contribution in [0.5, 0.6) is 0 Å². The number of benzene rings is 3. The summed E-state index contributed by atoms with van der Waals surface area (Å²) < 4.78 is 0. The average Bonchev–Trinajstić information content (AvgIpc) is 2.57. The number of hydrogen-bond donors (Lipinski definition) is 3. The Hall–Kier alpha value is -2.56. The smallest absolute Gasteiger partial charge is 0.423 e. The summed E-state index contributed by atoms with van der Waals surface area (Å²) >= 11 is 0. The zero-order valence-electron chi connectivity index (χ0n) is 12.0. The second-order valence-corrected chi connectivity index (χ2v) is 5.06. The lowest BCUT2D eigenvalue weighted by molar-refractivity contribution is 0.426. The highest BCUT2D eigenvalue weighted by Gasteiger charge is 2.09. The van der Waals surface area contributed by atoms with Crippen molar-refractivity contribution in [3.8, 4) is 11.1 Å². The maximum absolute atomic E-state index is 9.08. The molecule has 0 aromatic heterocycles. The molecule has 0 saturated heterocycles. The van der Waals surface area contributed by atoms with Gasteiger partial charge in [-0.05, 0) is 40.9 Å². The Morgan fingerprint density at radius 3 is 1.64 bits per heavy atom. The van der Waals surface area contributed by atoms with Gasteiger partial charge in [-0.1, -0.05) is 54.6 Å². The van der Waals surface area contributed by atoms with Crippen LogP contribution in [0, 0.1) is 0 Å². The maximum Gasteiger partial charge on any atom is 0.488 e. The highest BCUT2D eigenvalue weighted by Crippen LogP contribution is 2.22. The Morgan fingerprint density at radius 2 is 1.09 bits per heavy atom. The van der Waals surface area contributed by atoms with E-state index in [0.717, 1.165) is 11.4 Å². The lowest BCUT2D eigenvalue weighted by Gasteiger charge is -2.09. The van der Waals surface area contributed by atoms with Gasteiger partial charge in [0, 0.05) is 11.4 Å². The van der Waals surface area contributed by atoms with E-state index in [1.807, 2.05) is 42.5 Å².